The molecular weight excluding hydrogens is 318 g/mol. The van der Waals surface area contributed by atoms with E-state index >= 15 is 0 Å². The van der Waals surface area contributed by atoms with Crippen molar-refractivity contribution >= 4 is 15.7 Å². The molecule has 0 spiro atoms. The second-order valence-corrected chi connectivity index (χ2v) is 9.42. The minimum Gasteiger partial charge on any atom is -0.356 e. The zero-order valence-corrected chi connectivity index (χ0v) is 14.8. The number of hydrogen-bond donors (Lipinski definition) is 1. The molecule has 0 aromatic carbocycles. The fourth-order valence-electron chi connectivity index (χ4n) is 2.44. The van der Waals surface area contributed by atoms with E-state index in [2.05, 4.69) is 15.5 Å². The Morgan fingerprint density at radius 2 is 2.13 bits per heavy atom. The van der Waals surface area contributed by atoms with Gasteiger partial charge < -0.3 is 9.84 Å². The predicted octanol–water partition coefficient (Wildman–Crippen LogP) is 1.24. The molecule has 0 bridgehead atoms. The monoisotopic (exact) mass is 343 g/mol. The minimum atomic E-state index is -2.89. The first-order chi connectivity index (χ1) is 10.7. The maximum atomic E-state index is 11.8. The Kier molecular flexibility index (Phi) is 5.44. The molecule has 1 aromatic rings. The third kappa shape index (κ3) is 5.60. The molecule has 1 aromatic heterocycles. The van der Waals surface area contributed by atoms with Crippen LogP contribution in [0.25, 0.3) is 0 Å². The summed E-state index contributed by atoms with van der Waals surface area (Å²) in [5, 5.41) is 6.75. The third-order valence-electron chi connectivity index (χ3n) is 3.85. The summed E-state index contributed by atoms with van der Waals surface area (Å²) in [6, 6.07) is 0. The Morgan fingerprint density at radius 3 is 2.70 bits per heavy atom. The Balaban J connectivity index is 1.66. The third-order valence-corrected chi connectivity index (χ3v) is 5.69. The van der Waals surface area contributed by atoms with Crippen LogP contribution in [0.3, 0.4) is 0 Å². The molecule has 2 rings (SSSR count). The van der Waals surface area contributed by atoms with Gasteiger partial charge in [0.15, 0.2) is 15.7 Å². The lowest BCUT2D eigenvalue weighted by atomic mass is 9.96. The molecule has 0 aliphatic carbocycles. The van der Waals surface area contributed by atoms with Crippen molar-refractivity contribution in [3.63, 3.8) is 0 Å². The van der Waals surface area contributed by atoms with Gasteiger partial charge in [0.05, 0.1) is 11.5 Å². The van der Waals surface area contributed by atoms with Gasteiger partial charge in [-0.2, -0.15) is 4.98 Å². The highest BCUT2D eigenvalue weighted by Crippen LogP contribution is 2.19. The van der Waals surface area contributed by atoms with Gasteiger partial charge in [-0.15, -0.1) is 0 Å². The lowest BCUT2D eigenvalue weighted by Gasteiger charge is -2.10. The van der Waals surface area contributed by atoms with Gasteiger partial charge >= 0.3 is 0 Å². The molecule has 7 nitrogen and oxygen atoms in total. The van der Waals surface area contributed by atoms with Crippen molar-refractivity contribution < 1.29 is 17.7 Å². The number of carbonyl (C=O) groups is 1. The van der Waals surface area contributed by atoms with Gasteiger partial charge in [-0.1, -0.05) is 25.9 Å². The number of sulfone groups is 1. The molecule has 0 saturated carbocycles. The van der Waals surface area contributed by atoms with Crippen LogP contribution in [0, 0.1) is 5.92 Å². The second-order valence-electron chi connectivity index (χ2n) is 7.19. The molecule has 130 valence electrons. The van der Waals surface area contributed by atoms with E-state index < -0.39 is 9.84 Å². The van der Waals surface area contributed by atoms with Crippen molar-refractivity contribution in [3.05, 3.63) is 11.7 Å². The number of hydrogen-bond acceptors (Lipinski definition) is 6. The Morgan fingerprint density at radius 1 is 1.39 bits per heavy atom. The zero-order valence-electron chi connectivity index (χ0n) is 14.0. The number of aryl methyl sites for hydroxylation is 1. The summed E-state index contributed by atoms with van der Waals surface area (Å²) in [6.07, 6.45) is 2.20. The Labute approximate surface area is 137 Å². The van der Waals surface area contributed by atoms with Gasteiger partial charge in [0.1, 0.15) is 0 Å². The average molecular weight is 343 g/mol. The molecule has 1 amide bonds. The molecule has 8 heteroatoms. The zero-order chi connectivity index (χ0) is 17.1. The van der Waals surface area contributed by atoms with Crippen LogP contribution >= 0.6 is 0 Å². The summed E-state index contributed by atoms with van der Waals surface area (Å²) in [4.78, 5) is 16.1. The van der Waals surface area contributed by atoms with Crippen LogP contribution in [0.15, 0.2) is 4.52 Å². The number of amides is 1. The van der Waals surface area contributed by atoms with E-state index in [9.17, 15) is 13.2 Å². The normalized spacial score (nSPS) is 20.6. The van der Waals surface area contributed by atoms with Crippen LogP contribution in [0.1, 0.15) is 51.7 Å². The summed E-state index contributed by atoms with van der Waals surface area (Å²) < 4.78 is 27.9. The molecular formula is C15H25N3O4S. The van der Waals surface area contributed by atoms with Crippen LogP contribution in [0.5, 0.6) is 0 Å². The Bertz CT molecular complexity index is 646. The molecule has 1 fully saturated rings. The molecule has 0 radical (unpaired) electrons. The first kappa shape index (κ1) is 17.9. The van der Waals surface area contributed by atoms with Gasteiger partial charge in [-0.05, 0) is 18.8 Å². The maximum absolute atomic E-state index is 11.8. The standard InChI is InChI=1S/C15H25N3O4S/c1-15(2,3)14-17-13(22-18-14)6-4-5-12(19)16-9-11-7-8-23(20,21)10-11/h11H,4-10H2,1-3H3,(H,16,19)/t11-/m1/s1. The van der Waals surface area contributed by atoms with E-state index in [-0.39, 0.29) is 28.7 Å². The summed E-state index contributed by atoms with van der Waals surface area (Å²) >= 11 is 0. The van der Waals surface area contributed by atoms with E-state index in [1.54, 1.807) is 0 Å². The van der Waals surface area contributed by atoms with Crippen molar-refractivity contribution in [2.75, 3.05) is 18.1 Å². The van der Waals surface area contributed by atoms with Crippen molar-refractivity contribution in [1.29, 1.82) is 0 Å². The topological polar surface area (TPSA) is 102 Å². The van der Waals surface area contributed by atoms with Gasteiger partial charge in [0, 0.05) is 24.8 Å². The second kappa shape index (κ2) is 6.98. The van der Waals surface area contributed by atoms with E-state index in [1.807, 2.05) is 20.8 Å². The van der Waals surface area contributed by atoms with Crippen molar-refractivity contribution in [1.82, 2.24) is 15.5 Å². The number of nitrogens with one attached hydrogen (secondary N) is 1. The van der Waals surface area contributed by atoms with Crippen LogP contribution in [-0.4, -0.2) is 42.5 Å². The van der Waals surface area contributed by atoms with Crippen LogP contribution in [0.4, 0.5) is 0 Å². The van der Waals surface area contributed by atoms with E-state index in [0.29, 0.717) is 43.9 Å². The molecule has 1 aliphatic heterocycles. The molecule has 1 aliphatic rings. The highest BCUT2D eigenvalue weighted by molar-refractivity contribution is 7.91. The number of rotatable bonds is 6. The van der Waals surface area contributed by atoms with Gasteiger partial charge in [0.2, 0.25) is 11.8 Å². The van der Waals surface area contributed by atoms with Gasteiger partial charge in [0.25, 0.3) is 0 Å². The molecule has 23 heavy (non-hydrogen) atoms. The van der Waals surface area contributed by atoms with Crippen LogP contribution in [-0.2, 0) is 26.5 Å². The minimum absolute atomic E-state index is 0.0502. The summed E-state index contributed by atoms with van der Waals surface area (Å²) in [5.74, 6) is 1.62. The van der Waals surface area contributed by atoms with Gasteiger partial charge in [-0.25, -0.2) is 8.42 Å². The summed E-state index contributed by atoms with van der Waals surface area (Å²) in [6.45, 7) is 6.47. The highest BCUT2D eigenvalue weighted by Gasteiger charge is 2.27. The quantitative estimate of drug-likeness (QED) is 0.834. The first-order valence-corrected chi connectivity index (χ1v) is 9.78. The van der Waals surface area contributed by atoms with Crippen molar-refractivity contribution in [2.45, 2.75) is 51.9 Å². The summed E-state index contributed by atoms with van der Waals surface area (Å²) in [7, 11) is -2.89. The molecule has 1 saturated heterocycles. The van der Waals surface area contributed by atoms with Gasteiger partial charge in [-0.3, -0.25) is 4.79 Å². The van der Waals surface area contributed by atoms with Crippen molar-refractivity contribution in [3.8, 4) is 0 Å². The molecule has 2 heterocycles. The van der Waals surface area contributed by atoms with Crippen LogP contribution in [0.2, 0.25) is 0 Å². The SMILES string of the molecule is CC(C)(C)c1noc(CCCC(=O)NC[C@H]2CCS(=O)(=O)C2)n1. The lowest BCUT2D eigenvalue weighted by molar-refractivity contribution is -0.121. The summed E-state index contributed by atoms with van der Waals surface area (Å²) in [5.41, 5.74) is -0.152. The van der Waals surface area contributed by atoms with E-state index in [0.717, 1.165) is 0 Å². The molecule has 0 unspecified atom stereocenters. The predicted molar refractivity (Wildman–Crippen MR) is 85.7 cm³/mol. The molecule has 1 N–H and O–H groups in total. The Hall–Kier alpha value is -1.44. The lowest BCUT2D eigenvalue weighted by Crippen LogP contribution is -2.29. The number of carbonyl (C=O) groups excluding carboxylic acids is 1. The van der Waals surface area contributed by atoms with Crippen LogP contribution < -0.4 is 5.32 Å². The molecule has 1 atom stereocenters. The number of aromatic nitrogens is 2. The van der Waals surface area contributed by atoms with Crippen molar-refractivity contribution in [2.24, 2.45) is 5.92 Å². The number of nitrogens with zero attached hydrogens (tertiary/aromatic N) is 2. The fourth-order valence-corrected chi connectivity index (χ4v) is 4.30. The van der Waals surface area contributed by atoms with E-state index in [1.165, 1.54) is 0 Å². The highest BCUT2D eigenvalue weighted by atomic mass is 32.2. The first-order valence-electron chi connectivity index (χ1n) is 7.96. The fraction of sp³-hybridized carbons (Fsp3) is 0.800. The smallest absolute Gasteiger partial charge is 0.226 e. The van der Waals surface area contributed by atoms with E-state index in [4.69, 9.17) is 4.52 Å². The maximum Gasteiger partial charge on any atom is 0.226 e. The largest absolute Gasteiger partial charge is 0.356 e. The average Bonchev–Trinajstić information content (AvgIpc) is 3.02.